The summed E-state index contributed by atoms with van der Waals surface area (Å²) in [4.78, 5) is 2.35. The molecule has 0 spiro atoms. The van der Waals surface area contributed by atoms with Crippen LogP contribution in [0.2, 0.25) is 0 Å². The van der Waals surface area contributed by atoms with E-state index in [4.69, 9.17) is 9.47 Å². The van der Waals surface area contributed by atoms with Crippen LogP contribution < -0.4 is 14.4 Å². The minimum absolute atomic E-state index is 0.831. The maximum atomic E-state index is 6.66. The van der Waals surface area contributed by atoms with Crippen molar-refractivity contribution in [3.8, 4) is 89.8 Å². The molecule has 0 aromatic heterocycles. The van der Waals surface area contributed by atoms with Gasteiger partial charge in [-0.25, -0.2) is 0 Å². The Bertz CT molecular complexity index is 2970. The summed E-state index contributed by atoms with van der Waals surface area (Å²) in [5.41, 5.74) is 16.6. The number of para-hydroxylation sites is 3. The van der Waals surface area contributed by atoms with Crippen LogP contribution >= 0.6 is 0 Å². The number of benzene rings is 9. The highest BCUT2D eigenvalue weighted by molar-refractivity contribution is 6.00. The third-order valence-electron chi connectivity index (χ3n) is 11.1. The molecule has 57 heavy (non-hydrogen) atoms. The zero-order valence-corrected chi connectivity index (χ0v) is 31.0. The maximum absolute atomic E-state index is 6.66. The molecule has 2 aliphatic rings. The van der Waals surface area contributed by atoms with Crippen LogP contribution in [0.4, 0.5) is 17.1 Å². The molecule has 11 rings (SSSR count). The van der Waals surface area contributed by atoms with E-state index in [0.717, 1.165) is 95.7 Å². The quantitative estimate of drug-likeness (QED) is 0.176. The molecule has 268 valence electrons. The Hall–Kier alpha value is -7.62. The van der Waals surface area contributed by atoms with Crippen molar-refractivity contribution in [3.05, 3.63) is 212 Å². The molecule has 2 heterocycles. The first-order valence-electron chi connectivity index (χ1n) is 19.3. The number of rotatable bonds is 5. The van der Waals surface area contributed by atoms with Crippen LogP contribution in [0, 0.1) is 0 Å². The van der Waals surface area contributed by atoms with Gasteiger partial charge in [0.15, 0.2) is 0 Å². The van der Waals surface area contributed by atoms with E-state index < -0.39 is 0 Å². The van der Waals surface area contributed by atoms with E-state index in [1.165, 1.54) is 11.1 Å². The van der Waals surface area contributed by atoms with Gasteiger partial charge in [0.05, 0.1) is 0 Å². The zero-order valence-electron chi connectivity index (χ0n) is 31.0. The number of fused-ring (bicyclic) bond motifs is 10. The molecule has 0 saturated carbocycles. The lowest BCUT2D eigenvalue weighted by Gasteiger charge is -2.27. The molecule has 0 aliphatic carbocycles. The molecule has 9 aromatic rings. The molecule has 0 atom stereocenters. The Morgan fingerprint density at radius 2 is 0.702 bits per heavy atom. The van der Waals surface area contributed by atoms with E-state index in [9.17, 15) is 0 Å². The summed E-state index contributed by atoms with van der Waals surface area (Å²) < 4.78 is 13.2. The average Bonchev–Trinajstić information content (AvgIpc) is 3.52. The molecule has 0 amide bonds. The van der Waals surface area contributed by atoms with Gasteiger partial charge in [0.25, 0.3) is 0 Å². The number of ether oxygens (including phenoxy) is 2. The van der Waals surface area contributed by atoms with Crippen LogP contribution in [0.15, 0.2) is 212 Å². The van der Waals surface area contributed by atoms with Gasteiger partial charge in [0.2, 0.25) is 0 Å². The average molecular weight is 730 g/mol. The topological polar surface area (TPSA) is 21.7 Å². The molecule has 3 heteroatoms. The molecule has 9 aromatic carbocycles. The normalized spacial score (nSPS) is 11.8. The van der Waals surface area contributed by atoms with Gasteiger partial charge in [-0.1, -0.05) is 152 Å². The third-order valence-corrected chi connectivity index (χ3v) is 11.1. The van der Waals surface area contributed by atoms with Crippen LogP contribution in [-0.2, 0) is 0 Å². The van der Waals surface area contributed by atoms with E-state index in [1.54, 1.807) is 0 Å². The molecular weight excluding hydrogens is 695 g/mol. The van der Waals surface area contributed by atoms with Crippen molar-refractivity contribution in [2.24, 2.45) is 0 Å². The molecule has 2 aliphatic heterocycles. The predicted octanol–water partition coefficient (Wildman–Crippen LogP) is 15.4. The fraction of sp³-hybridized carbons (Fsp3) is 0. The van der Waals surface area contributed by atoms with Crippen LogP contribution in [0.25, 0.3) is 66.8 Å². The highest BCUT2D eigenvalue weighted by atomic mass is 16.5. The van der Waals surface area contributed by atoms with Gasteiger partial charge in [0.1, 0.15) is 23.0 Å². The zero-order chi connectivity index (χ0) is 37.7. The second-order valence-corrected chi connectivity index (χ2v) is 14.4. The Kier molecular flexibility index (Phi) is 7.82. The highest BCUT2D eigenvalue weighted by Crippen LogP contribution is 2.52. The van der Waals surface area contributed by atoms with Crippen LogP contribution in [-0.4, -0.2) is 0 Å². The summed E-state index contributed by atoms with van der Waals surface area (Å²) in [7, 11) is 0. The molecule has 0 fully saturated rings. The van der Waals surface area contributed by atoms with Gasteiger partial charge in [-0.3, -0.25) is 0 Å². The summed E-state index contributed by atoms with van der Waals surface area (Å²) in [6.07, 6.45) is 0. The van der Waals surface area contributed by atoms with E-state index >= 15 is 0 Å². The summed E-state index contributed by atoms with van der Waals surface area (Å²) in [6, 6.07) is 75.1. The molecular formula is C54H35NO2. The predicted molar refractivity (Wildman–Crippen MR) is 234 cm³/mol. The SMILES string of the molecule is c1ccc(-c2ccc(N(c3cccc(-c4cccc5c4-c4ccccc4Oc4ccccc4-5)c3)c3ccc4c(c3)-c3ccccc3-c3ccccc3O4)cc2)cc1. The van der Waals surface area contributed by atoms with Crippen molar-refractivity contribution in [1.82, 2.24) is 0 Å². The van der Waals surface area contributed by atoms with Gasteiger partial charge in [0, 0.05) is 44.9 Å². The second-order valence-electron chi connectivity index (χ2n) is 14.4. The van der Waals surface area contributed by atoms with Crippen molar-refractivity contribution in [3.63, 3.8) is 0 Å². The molecule has 3 nitrogen and oxygen atoms in total. The van der Waals surface area contributed by atoms with Gasteiger partial charge < -0.3 is 14.4 Å². The van der Waals surface area contributed by atoms with Crippen molar-refractivity contribution >= 4 is 17.1 Å². The minimum Gasteiger partial charge on any atom is -0.456 e. The van der Waals surface area contributed by atoms with Crippen LogP contribution in [0.5, 0.6) is 23.0 Å². The van der Waals surface area contributed by atoms with Gasteiger partial charge in [-0.15, -0.1) is 0 Å². The van der Waals surface area contributed by atoms with Gasteiger partial charge in [-0.05, 0) is 99.6 Å². The van der Waals surface area contributed by atoms with E-state index in [1.807, 2.05) is 18.2 Å². The molecule has 0 N–H and O–H groups in total. The standard InChI is InChI=1S/C54H35NO2/c1-2-14-36(15-3-1)37-28-30-39(31-29-37)55(41-32-33-53-49(35-41)44-19-5-4-18-43(44)45-20-6-9-25-50(45)57-53)40-17-12-16-38(34-40)42-23-13-24-47-46-21-7-10-26-51(46)56-52-27-11-8-22-48(52)54(42)47/h1-35H. The fourth-order valence-electron chi connectivity index (χ4n) is 8.47. The summed E-state index contributed by atoms with van der Waals surface area (Å²) in [6.45, 7) is 0. The second kappa shape index (κ2) is 13.6. The molecule has 0 bridgehead atoms. The lowest BCUT2D eigenvalue weighted by atomic mass is 9.87. The van der Waals surface area contributed by atoms with Gasteiger partial charge >= 0.3 is 0 Å². The maximum Gasteiger partial charge on any atom is 0.135 e. The Labute approximate surface area is 332 Å². The van der Waals surface area contributed by atoms with Crippen molar-refractivity contribution in [2.45, 2.75) is 0 Å². The lowest BCUT2D eigenvalue weighted by molar-refractivity contribution is 0.487. The molecule has 0 unspecified atom stereocenters. The first-order valence-corrected chi connectivity index (χ1v) is 19.3. The number of hydrogen-bond donors (Lipinski definition) is 0. The Morgan fingerprint density at radius 3 is 1.42 bits per heavy atom. The smallest absolute Gasteiger partial charge is 0.135 e. The van der Waals surface area contributed by atoms with Crippen molar-refractivity contribution in [1.29, 1.82) is 0 Å². The Morgan fingerprint density at radius 1 is 0.246 bits per heavy atom. The molecule has 0 saturated heterocycles. The van der Waals surface area contributed by atoms with Crippen molar-refractivity contribution in [2.75, 3.05) is 4.90 Å². The summed E-state index contributed by atoms with van der Waals surface area (Å²) >= 11 is 0. The lowest BCUT2D eigenvalue weighted by Crippen LogP contribution is -2.10. The number of nitrogens with zero attached hydrogens (tertiary/aromatic N) is 1. The van der Waals surface area contributed by atoms with Crippen LogP contribution in [0.3, 0.4) is 0 Å². The Balaban J connectivity index is 1.10. The third kappa shape index (κ3) is 5.68. The summed E-state index contributed by atoms with van der Waals surface area (Å²) in [5, 5.41) is 0. The highest BCUT2D eigenvalue weighted by Gasteiger charge is 2.25. The summed E-state index contributed by atoms with van der Waals surface area (Å²) in [5.74, 6) is 3.39. The largest absolute Gasteiger partial charge is 0.456 e. The first kappa shape index (κ1) is 32.8. The van der Waals surface area contributed by atoms with E-state index in [0.29, 0.717) is 0 Å². The number of anilines is 3. The van der Waals surface area contributed by atoms with Gasteiger partial charge in [-0.2, -0.15) is 0 Å². The number of hydrogen-bond acceptors (Lipinski definition) is 3. The van der Waals surface area contributed by atoms with E-state index in [-0.39, 0.29) is 0 Å². The first-order chi connectivity index (χ1) is 28.3. The van der Waals surface area contributed by atoms with E-state index in [2.05, 4.69) is 199 Å². The monoisotopic (exact) mass is 729 g/mol. The van der Waals surface area contributed by atoms with Crippen LogP contribution in [0.1, 0.15) is 0 Å². The molecule has 0 radical (unpaired) electrons. The van der Waals surface area contributed by atoms with Crippen molar-refractivity contribution < 1.29 is 9.47 Å². The fourth-order valence-corrected chi connectivity index (χ4v) is 8.47. The minimum atomic E-state index is 0.831.